The Morgan fingerprint density at radius 3 is 2.03 bits per heavy atom. The number of aryl methyl sites for hydroxylation is 1. The van der Waals surface area contributed by atoms with Gasteiger partial charge in [0.15, 0.2) is 17.5 Å². The molecule has 0 aromatic heterocycles. The molecule has 0 spiro atoms. The fourth-order valence-corrected chi connectivity index (χ4v) is 5.39. The van der Waals surface area contributed by atoms with Crippen LogP contribution in [0.3, 0.4) is 0 Å². The van der Waals surface area contributed by atoms with Gasteiger partial charge in [0.25, 0.3) is 5.67 Å². The minimum atomic E-state index is -5.75. The number of benzene rings is 1. The highest BCUT2D eigenvalue weighted by Gasteiger charge is 2.90. The average Bonchev–Trinajstić information content (AvgIpc) is 3.23. The van der Waals surface area contributed by atoms with Gasteiger partial charge in [-0.1, -0.05) is 61.4 Å². The highest BCUT2D eigenvalue weighted by molar-refractivity contribution is 6.30. The molecule has 3 atom stereocenters. The summed E-state index contributed by atoms with van der Waals surface area (Å²) in [7, 11) is 0. The number of halogens is 12. The summed E-state index contributed by atoms with van der Waals surface area (Å²) in [6.07, 6.45) is -6.09. The topological polar surface area (TPSA) is 0 Å². The van der Waals surface area contributed by atoms with Gasteiger partial charge in [-0.15, -0.1) is 0 Å². The van der Waals surface area contributed by atoms with Crippen LogP contribution in [0, 0.1) is 23.7 Å². The van der Waals surface area contributed by atoms with Crippen LogP contribution in [0.25, 0.3) is 0 Å². The number of alkyl halides is 8. The van der Waals surface area contributed by atoms with E-state index in [4.69, 9.17) is 11.6 Å². The fraction of sp³-hybridized carbons (Fsp3) is 0.500. The third kappa shape index (κ3) is 3.55. The van der Waals surface area contributed by atoms with Gasteiger partial charge in [0.2, 0.25) is 0 Å². The largest absolute Gasteiger partial charge is 0.426 e. The lowest BCUT2D eigenvalue weighted by Crippen LogP contribution is -2.64. The van der Waals surface area contributed by atoms with E-state index in [1.807, 2.05) is 0 Å². The molecule has 0 aliphatic heterocycles. The van der Waals surface area contributed by atoms with E-state index in [0.717, 1.165) is 13.8 Å². The first-order valence-electron chi connectivity index (χ1n) is 10.5. The molecule has 1 aromatic carbocycles. The summed E-state index contributed by atoms with van der Waals surface area (Å²) in [6.45, 7) is 3.55. The molecular formula is C24H20ClF11. The number of hydrogen-bond acceptors (Lipinski definition) is 0. The van der Waals surface area contributed by atoms with E-state index in [2.05, 4.69) is 0 Å². The second-order valence-electron chi connectivity index (χ2n) is 9.72. The van der Waals surface area contributed by atoms with Crippen molar-refractivity contribution in [2.45, 2.75) is 57.8 Å². The molecule has 0 nitrogen and oxygen atoms in total. The van der Waals surface area contributed by atoms with Gasteiger partial charge in [-0.3, -0.25) is 0 Å². The van der Waals surface area contributed by atoms with Crippen LogP contribution >= 0.6 is 11.6 Å². The van der Waals surface area contributed by atoms with Crippen LogP contribution in [0.4, 0.5) is 48.3 Å². The lowest BCUT2D eigenvalue weighted by Gasteiger charge is -2.45. The Hall–Kier alpha value is -2.04. The Morgan fingerprint density at radius 2 is 1.53 bits per heavy atom. The molecule has 0 N–H and O–H groups in total. The van der Waals surface area contributed by atoms with Crippen molar-refractivity contribution in [3.8, 4) is 0 Å². The zero-order chi connectivity index (χ0) is 27.9. The van der Waals surface area contributed by atoms with Crippen molar-refractivity contribution >= 4 is 11.6 Å². The quantitative estimate of drug-likeness (QED) is 0.319. The summed E-state index contributed by atoms with van der Waals surface area (Å²) >= 11 is 5.24. The Kier molecular flexibility index (Phi) is 6.52. The van der Waals surface area contributed by atoms with Gasteiger partial charge in [0, 0.05) is 5.57 Å². The molecule has 1 aromatic rings. The lowest BCUT2D eigenvalue weighted by molar-refractivity contribution is -0.259. The van der Waals surface area contributed by atoms with Gasteiger partial charge >= 0.3 is 18.0 Å². The predicted octanol–water partition coefficient (Wildman–Crippen LogP) is 9.25. The molecule has 1 saturated carbocycles. The first kappa shape index (κ1) is 28.5. The fourth-order valence-electron chi connectivity index (χ4n) is 5.27. The smallest absolute Gasteiger partial charge is 0.222 e. The molecule has 2 aliphatic carbocycles. The molecular weight excluding hydrogens is 533 g/mol. The van der Waals surface area contributed by atoms with Crippen LogP contribution < -0.4 is 0 Å². The zero-order valence-corrected chi connectivity index (χ0v) is 20.0. The number of allylic oxidation sites excluding steroid dienone is 6. The first-order valence-corrected chi connectivity index (χ1v) is 10.9. The maximum atomic E-state index is 16.2. The number of hydrogen-bond donors (Lipinski definition) is 0. The van der Waals surface area contributed by atoms with Gasteiger partial charge in [0.05, 0.1) is 5.41 Å². The molecule has 1 fully saturated rings. The molecule has 36 heavy (non-hydrogen) atoms. The Morgan fingerprint density at radius 1 is 0.972 bits per heavy atom. The molecule has 0 bridgehead atoms. The number of rotatable bonds is 5. The van der Waals surface area contributed by atoms with Crippen molar-refractivity contribution in [2.24, 2.45) is 16.7 Å². The van der Waals surface area contributed by atoms with Crippen molar-refractivity contribution in [2.75, 3.05) is 0 Å². The second-order valence-corrected chi connectivity index (χ2v) is 10.1. The van der Waals surface area contributed by atoms with Crippen LogP contribution in [0.1, 0.15) is 31.9 Å². The molecule has 0 radical (unpaired) electrons. The maximum Gasteiger partial charge on any atom is 0.426 e. The van der Waals surface area contributed by atoms with E-state index >= 15 is 13.2 Å². The summed E-state index contributed by atoms with van der Waals surface area (Å²) < 4.78 is 160. The first-order chi connectivity index (χ1) is 16.1. The normalized spacial score (nSPS) is 30.7. The molecule has 3 unspecified atom stereocenters. The van der Waals surface area contributed by atoms with Crippen LogP contribution in [0.5, 0.6) is 0 Å². The Labute approximate surface area is 204 Å². The van der Waals surface area contributed by atoms with Crippen molar-refractivity contribution in [3.63, 3.8) is 0 Å². The minimum Gasteiger partial charge on any atom is -0.222 e. The molecule has 200 valence electrons. The highest BCUT2D eigenvalue weighted by Crippen LogP contribution is 2.81. The average molecular weight is 553 g/mol. The molecule has 0 amide bonds. The molecule has 2 aliphatic rings. The molecule has 0 saturated heterocycles. The van der Waals surface area contributed by atoms with Gasteiger partial charge in [-0.25, -0.2) is 26.3 Å². The third-order valence-corrected chi connectivity index (χ3v) is 7.78. The van der Waals surface area contributed by atoms with Gasteiger partial charge < -0.3 is 0 Å². The van der Waals surface area contributed by atoms with Crippen molar-refractivity contribution in [1.82, 2.24) is 0 Å². The van der Waals surface area contributed by atoms with E-state index in [1.165, 1.54) is 31.2 Å². The Balaban J connectivity index is 2.34. The minimum absolute atomic E-state index is 0.0205. The highest BCUT2D eigenvalue weighted by atomic mass is 35.5. The lowest BCUT2D eigenvalue weighted by atomic mass is 9.70. The molecule has 12 heteroatoms. The summed E-state index contributed by atoms with van der Waals surface area (Å²) in [5.74, 6) is -22.0. The van der Waals surface area contributed by atoms with E-state index in [-0.39, 0.29) is 18.6 Å². The van der Waals surface area contributed by atoms with Gasteiger partial charge in [0.1, 0.15) is 5.03 Å². The SMILES string of the molecule is CC1=C(F)C(F)=C(F)C(F)(C(F)(F)C2(Cc3cccc(C)c3)C(C=C(Cl)C(F)(F)F)C2(C)C)C1(F)F. The summed E-state index contributed by atoms with van der Waals surface area (Å²) in [6, 6.07) is 5.46. The summed E-state index contributed by atoms with van der Waals surface area (Å²) in [5, 5.41) is -1.88. The van der Waals surface area contributed by atoms with Crippen LogP contribution in [-0.2, 0) is 6.42 Å². The van der Waals surface area contributed by atoms with Gasteiger partial charge in [-0.2, -0.15) is 22.0 Å². The third-order valence-electron chi connectivity index (χ3n) is 7.44. The maximum absolute atomic E-state index is 16.2. The van der Waals surface area contributed by atoms with E-state index in [0.29, 0.717) is 5.56 Å². The molecule has 0 heterocycles. The summed E-state index contributed by atoms with van der Waals surface area (Å²) in [5.41, 5.74) is -12.7. The van der Waals surface area contributed by atoms with E-state index in [1.54, 1.807) is 0 Å². The van der Waals surface area contributed by atoms with Crippen molar-refractivity contribution < 1.29 is 48.3 Å². The van der Waals surface area contributed by atoms with Crippen molar-refractivity contribution in [1.29, 1.82) is 0 Å². The monoisotopic (exact) mass is 552 g/mol. The van der Waals surface area contributed by atoms with Crippen LogP contribution in [0.15, 0.2) is 58.4 Å². The standard InChI is InChI=1S/C24H20ClF11/c1-11-6-5-7-13(8-11)10-20(14(19(20,3)4)9-15(25)23(32,33)34)24(35,36)21(29)18(28)17(27)16(26)12(2)22(21,30)31/h5-9,14H,10H2,1-4H3. The molecule has 3 rings (SSSR count). The van der Waals surface area contributed by atoms with E-state index < -0.39 is 74.9 Å². The predicted molar refractivity (Wildman–Crippen MR) is 111 cm³/mol. The van der Waals surface area contributed by atoms with Crippen molar-refractivity contribution in [3.05, 3.63) is 69.6 Å². The second kappa shape index (κ2) is 8.23. The summed E-state index contributed by atoms with van der Waals surface area (Å²) in [4.78, 5) is 0. The van der Waals surface area contributed by atoms with Gasteiger partial charge in [-0.05, 0) is 37.2 Å². The van der Waals surface area contributed by atoms with Crippen LogP contribution in [0.2, 0.25) is 0 Å². The van der Waals surface area contributed by atoms with Crippen LogP contribution in [-0.4, -0.2) is 23.7 Å². The Bertz CT molecular complexity index is 1170. The van der Waals surface area contributed by atoms with E-state index in [9.17, 15) is 35.1 Å². The zero-order valence-electron chi connectivity index (χ0n) is 19.2.